The van der Waals surface area contributed by atoms with Crippen molar-refractivity contribution in [3.05, 3.63) is 58.1 Å². The smallest absolute Gasteiger partial charge is 0.240 e. The molecule has 22 heavy (non-hydrogen) atoms. The Kier molecular flexibility index (Phi) is 5.11. The number of aryl methyl sites for hydroxylation is 2. The largest absolute Gasteiger partial charge is 0.508 e. The molecule has 0 bridgehead atoms. The Balaban J connectivity index is 2.19. The Hall–Kier alpha value is -1.56. The van der Waals surface area contributed by atoms with Gasteiger partial charge in [-0.05, 0) is 54.3 Å². The second kappa shape index (κ2) is 6.69. The number of halogens is 1. The third kappa shape index (κ3) is 3.80. The van der Waals surface area contributed by atoms with E-state index in [9.17, 15) is 13.5 Å². The van der Waals surface area contributed by atoms with Crippen molar-refractivity contribution in [3.8, 4) is 5.75 Å². The van der Waals surface area contributed by atoms with Gasteiger partial charge in [0, 0.05) is 11.6 Å². The first-order valence-electron chi connectivity index (χ1n) is 6.90. The highest BCUT2D eigenvalue weighted by Crippen LogP contribution is 2.22. The van der Waals surface area contributed by atoms with E-state index in [4.69, 9.17) is 11.6 Å². The van der Waals surface area contributed by atoms with Gasteiger partial charge in [0.25, 0.3) is 0 Å². The Morgan fingerprint density at radius 1 is 1.18 bits per heavy atom. The minimum absolute atomic E-state index is 0.106. The molecular formula is C16H18ClNO3S. The molecule has 0 amide bonds. The van der Waals surface area contributed by atoms with Crippen LogP contribution in [0.4, 0.5) is 0 Å². The predicted octanol–water partition coefficient (Wildman–Crippen LogP) is 3.39. The quantitative estimate of drug-likeness (QED) is 0.877. The predicted molar refractivity (Wildman–Crippen MR) is 87.7 cm³/mol. The summed E-state index contributed by atoms with van der Waals surface area (Å²) in [5.41, 5.74) is 2.33. The highest BCUT2D eigenvalue weighted by Gasteiger charge is 2.15. The average Bonchev–Trinajstić information content (AvgIpc) is 2.49. The zero-order valence-electron chi connectivity index (χ0n) is 12.4. The van der Waals surface area contributed by atoms with Gasteiger partial charge in [0.15, 0.2) is 0 Å². The van der Waals surface area contributed by atoms with Crippen LogP contribution >= 0.6 is 11.6 Å². The van der Waals surface area contributed by atoms with Gasteiger partial charge in [-0.25, -0.2) is 13.1 Å². The van der Waals surface area contributed by atoms with Crippen molar-refractivity contribution in [1.82, 2.24) is 4.72 Å². The molecule has 0 spiro atoms. The lowest BCUT2D eigenvalue weighted by molar-refractivity contribution is 0.468. The number of rotatable bonds is 5. The Bertz CT molecular complexity index is 788. The van der Waals surface area contributed by atoms with Crippen molar-refractivity contribution in [1.29, 1.82) is 0 Å². The van der Waals surface area contributed by atoms with Crippen molar-refractivity contribution in [2.75, 3.05) is 0 Å². The number of nitrogens with one attached hydrogen (secondary N) is 1. The molecule has 0 aromatic heterocycles. The summed E-state index contributed by atoms with van der Waals surface area (Å²) in [5.74, 6) is 0.106. The van der Waals surface area contributed by atoms with E-state index in [1.54, 1.807) is 12.1 Å². The van der Waals surface area contributed by atoms with Crippen molar-refractivity contribution < 1.29 is 13.5 Å². The average molecular weight is 340 g/mol. The first kappa shape index (κ1) is 16.8. The van der Waals surface area contributed by atoms with Crippen LogP contribution in [-0.2, 0) is 23.0 Å². The molecule has 2 N–H and O–H groups in total. The molecule has 0 radical (unpaired) electrons. The Morgan fingerprint density at radius 2 is 1.91 bits per heavy atom. The van der Waals surface area contributed by atoms with Crippen molar-refractivity contribution >= 4 is 21.6 Å². The molecule has 118 valence electrons. The molecule has 4 nitrogen and oxygen atoms in total. The number of hydrogen-bond acceptors (Lipinski definition) is 3. The zero-order valence-corrected chi connectivity index (χ0v) is 14.0. The highest BCUT2D eigenvalue weighted by atomic mass is 35.5. The van der Waals surface area contributed by atoms with E-state index in [0.29, 0.717) is 17.0 Å². The van der Waals surface area contributed by atoms with Crippen molar-refractivity contribution in [2.24, 2.45) is 0 Å². The first-order chi connectivity index (χ1) is 10.3. The summed E-state index contributed by atoms with van der Waals surface area (Å²) in [4.78, 5) is 0.146. The molecule has 2 rings (SSSR count). The summed E-state index contributed by atoms with van der Waals surface area (Å²) in [6.45, 7) is 3.91. The topological polar surface area (TPSA) is 66.4 Å². The summed E-state index contributed by atoms with van der Waals surface area (Å²) in [6.07, 6.45) is 0.561. The molecule has 0 aliphatic heterocycles. The lowest BCUT2D eigenvalue weighted by Crippen LogP contribution is -2.23. The minimum Gasteiger partial charge on any atom is -0.508 e. The number of sulfonamides is 1. The third-order valence-electron chi connectivity index (χ3n) is 3.43. The number of hydrogen-bond donors (Lipinski definition) is 2. The van der Waals surface area contributed by atoms with E-state index in [0.717, 1.165) is 11.1 Å². The summed E-state index contributed by atoms with van der Waals surface area (Å²) in [6, 6.07) is 9.66. The lowest BCUT2D eigenvalue weighted by atomic mass is 10.1. The fourth-order valence-corrected chi connectivity index (χ4v) is 3.28. The van der Waals surface area contributed by atoms with Gasteiger partial charge < -0.3 is 5.11 Å². The molecule has 0 aliphatic carbocycles. The maximum absolute atomic E-state index is 12.3. The second-order valence-corrected chi connectivity index (χ2v) is 7.23. The number of benzene rings is 2. The first-order valence-corrected chi connectivity index (χ1v) is 8.76. The van der Waals surface area contributed by atoms with Crippen molar-refractivity contribution in [3.63, 3.8) is 0 Å². The summed E-state index contributed by atoms with van der Waals surface area (Å²) in [5, 5.41) is 10.3. The van der Waals surface area contributed by atoms with Gasteiger partial charge in [0.1, 0.15) is 5.75 Å². The van der Waals surface area contributed by atoms with E-state index < -0.39 is 10.0 Å². The van der Waals surface area contributed by atoms with Gasteiger partial charge in [-0.15, -0.1) is 0 Å². The molecular weight excluding hydrogens is 322 g/mol. The standard InChI is InChI=1S/C16H18ClNO3S/c1-3-13-9-14(5-7-16(13)19)22(20,21)18-10-12-4-6-15(17)11(2)8-12/h4-9,18-19H,3,10H2,1-2H3. The van der Waals surface area contributed by atoms with Gasteiger partial charge in [-0.2, -0.15) is 0 Å². The number of aromatic hydroxyl groups is 1. The van der Waals surface area contributed by atoms with Gasteiger partial charge in [0.05, 0.1) is 4.90 Å². The maximum atomic E-state index is 12.3. The van der Waals surface area contributed by atoms with Crippen LogP contribution < -0.4 is 4.72 Å². The van der Waals surface area contributed by atoms with E-state index >= 15 is 0 Å². The molecule has 0 fully saturated rings. The maximum Gasteiger partial charge on any atom is 0.240 e. The van der Waals surface area contributed by atoms with E-state index in [1.165, 1.54) is 18.2 Å². The Labute approximate surface area is 135 Å². The Morgan fingerprint density at radius 3 is 2.55 bits per heavy atom. The van der Waals surface area contributed by atoms with Gasteiger partial charge >= 0.3 is 0 Å². The molecule has 0 heterocycles. The highest BCUT2D eigenvalue weighted by molar-refractivity contribution is 7.89. The van der Waals surface area contributed by atoms with E-state index in [-0.39, 0.29) is 17.2 Å². The third-order valence-corrected chi connectivity index (χ3v) is 5.25. The minimum atomic E-state index is -3.62. The zero-order chi connectivity index (χ0) is 16.3. The van der Waals surface area contributed by atoms with Crippen LogP contribution in [0, 0.1) is 6.92 Å². The van der Waals surface area contributed by atoms with Crippen LogP contribution in [-0.4, -0.2) is 13.5 Å². The molecule has 2 aromatic rings. The molecule has 0 atom stereocenters. The molecule has 6 heteroatoms. The van der Waals surface area contributed by atoms with Crippen LogP contribution in [0.5, 0.6) is 5.75 Å². The fraction of sp³-hybridized carbons (Fsp3) is 0.250. The van der Waals surface area contributed by atoms with Crippen LogP contribution in [0.2, 0.25) is 5.02 Å². The summed E-state index contributed by atoms with van der Waals surface area (Å²) < 4.78 is 27.2. The molecule has 0 aliphatic rings. The molecule has 0 saturated heterocycles. The van der Waals surface area contributed by atoms with Gasteiger partial charge in [-0.3, -0.25) is 0 Å². The molecule has 0 saturated carbocycles. The van der Waals surface area contributed by atoms with Crippen LogP contribution in [0.3, 0.4) is 0 Å². The monoisotopic (exact) mass is 339 g/mol. The molecule has 2 aromatic carbocycles. The van der Waals surface area contributed by atoms with Crippen molar-refractivity contribution in [2.45, 2.75) is 31.7 Å². The van der Waals surface area contributed by atoms with Gasteiger partial charge in [0.2, 0.25) is 10.0 Å². The second-order valence-electron chi connectivity index (χ2n) is 5.05. The summed E-state index contributed by atoms with van der Waals surface area (Å²) >= 11 is 5.95. The van der Waals surface area contributed by atoms with Crippen LogP contribution in [0.1, 0.15) is 23.6 Å². The number of phenols is 1. The lowest BCUT2D eigenvalue weighted by Gasteiger charge is -2.10. The normalized spacial score (nSPS) is 11.6. The fourth-order valence-electron chi connectivity index (χ4n) is 2.09. The van der Waals surface area contributed by atoms with Crippen LogP contribution in [0.25, 0.3) is 0 Å². The van der Waals surface area contributed by atoms with Crippen LogP contribution in [0.15, 0.2) is 41.3 Å². The van der Waals surface area contributed by atoms with Gasteiger partial charge in [-0.1, -0.05) is 30.7 Å². The summed E-state index contributed by atoms with van der Waals surface area (Å²) in [7, 11) is -3.62. The molecule has 0 unspecified atom stereocenters. The SMILES string of the molecule is CCc1cc(S(=O)(=O)NCc2ccc(Cl)c(C)c2)ccc1O. The van der Waals surface area contributed by atoms with E-state index in [1.807, 2.05) is 19.9 Å². The van der Waals surface area contributed by atoms with E-state index in [2.05, 4.69) is 4.72 Å². The number of phenolic OH excluding ortho intramolecular Hbond substituents is 1.